The van der Waals surface area contributed by atoms with E-state index in [1.807, 2.05) is 11.0 Å². The molecule has 0 unspecified atom stereocenters. The van der Waals surface area contributed by atoms with E-state index in [1.165, 1.54) is 5.56 Å². The minimum Gasteiger partial charge on any atom is -0.378 e. The van der Waals surface area contributed by atoms with Gasteiger partial charge in [-0.25, -0.2) is 4.63 Å². The van der Waals surface area contributed by atoms with Crippen LogP contribution in [0.1, 0.15) is 23.0 Å². The summed E-state index contributed by atoms with van der Waals surface area (Å²) in [4.78, 5) is 17.0. The number of aromatic nitrogens is 2. The van der Waals surface area contributed by atoms with Gasteiger partial charge >= 0.3 is 0 Å². The maximum atomic E-state index is 12.6. The van der Waals surface area contributed by atoms with Crippen LogP contribution in [0.3, 0.4) is 0 Å². The summed E-state index contributed by atoms with van der Waals surface area (Å²) in [7, 11) is 0. The Morgan fingerprint density at radius 3 is 2.80 bits per heavy atom. The summed E-state index contributed by atoms with van der Waals surface area (Å²) in [6, 6.07) is 10.9. The molecule has 7 nitrogen and oxygen atoms in total. The fraction of sp³-hybridized carbons (Fsp3) is 0.500. The van der Waals surface area contributed by atoms with Crippen molar-refractivity contribution in [2.24, 2.45) is 0 Å². The van der Waals surface area contributed by atoms with Crippen LogP contribution in [-0.2, 0) is 16.0 Å². The SMILES string of the molecule is Cc1nonc1CC(=O)N1CCN2[C@@H](COC[C@@H]2c2ccccc2)C1. The largest absolute Gasteiger partial charge is 0.378 e. The molecule has 4 rings (SSSR count). The normalized spacial score (nSPS) is 24.1. The van der Waals surface area contributed by atoms with Crippen molar-refractivity contribution in [1.29, 1.82) is 0 Å². The molecule has 0 saturated carbocycles. The summed E-state index contributed by atoms with van der Waals surface area (Å²) >= 11 is 0. The number of benzene rings is 1. The standard InChI is InChI=1S/C18H22N4O3/c1-13-16(20-25-19-13)9-18(23)21-7-8-22-15(10-21)11-24-12-17(22)14-5-3-2-4-6-14/h2-6,15,17H,7-12H2,1H3/t15-,17-/m1/s1. The van der Waals surface area contributed by atoms with Gasteiger partial charge in [0.25, 0.3) is 0 Å². The van der Waals surface area contributed by atoms with Gasteiger partial charge in [-0.2, -0.15) is 0 Å². The van der Waals surface area contributed by atoms with Gasteiger partial charge in [-0.3, -0.25) is 9.69 Å². The molecule has 25 heavy (non-hydrogen) atoms. The van der Waals surface area contributed by atoms with Gasteiger partial charge in [-0.1, -0.05) is 40.6 Å². The highest BCUT2D eigenvalue weighted by atomic mass is 16.6. The molecule has 1 aromatic heterocycles. The zero-order valence-corrected chi connectivity index (χ0v) is 14.3. The van der Waals surface area contributed by atoms with E-state index < -0.39 is 0 Å². The van der Waals surface area contributed by atoms with Crippen molar-refractivity contribution < 1.29 is 14.2 Å². The lowest BCUT2D eigenvalue weighted by atomic mass is 10.00. The number of fused-ring (bicyclic) bond motifs is 1. The molecule has 2 fully saturated rings. The molecule has 2 aliphatic heterocycles. The van der Waals surface area contributed by atoms with Crippen LogP contribution >= 0.6 is 0 Å². The van der Waals surface area contributed by atoms with Crippen LogP contribution in [0.4, 0.5) is 0 Å². The summed E-state index contributed by atoms with van der Waals surface area (Å²) in [6.07, 6.45) is 0.241. The van der Waals surface area contributed by atoms with E-state index in [2.05, 4.69) is 44.1 Å². The van der Waals surface area contributed by atoms with Crippen molar-refractivity contribution in [3.05, 3.63) is 47.3 Å². The first-order valence-corrected chi connectivity index (χ1v) is 8.66. The molecule has 7 heteroatoms. The van der Waals surface area contributed by atoms with Crippen molar-refractivity contribution >= 4 is 5.91 Å². The van der Waals surface area contributed by atoms with E-state index >= 15 is 0 Å². The lowest BCUT2D eigenvalue weighted by molar-refractivity contribution is -0.139. The van der Waals surface area contributed by atoms with Crippen molar-refractivity contribution in [3.8, 4) is 0 Å². The number of piperazine rings is 1. The first-order chi connectivity index (χ1) is 12.2. The van der Waals surface area contributed by atoms with Crippen LogP contribution in [-0.4, -0.2) is 64.9 Å². The molecule has 0 N–H and O–H groups in total. The van der Waals surface area contributed by atoms with Crippen molar-refractivity contribution in [1.82, 2.24) is 20.1 Å². The molecule has 1 aromatic carbocycles. The molecule has 1 amide bonds. The molecule has 2 aromatic rings. The number of ether oxygens (including phenoxy) is 1. The number of rotatable bonds is 3. The maximum Gasteiger partial charge on any atom is 0.228 e. The average Bonchev–Trinajstić information content (AvgIpc) is 3.06. The molecule has 2 aliphatic rings. The monoisotopic (exact) mass is 342 g/mol. The second kappa shape index (κ2) is 6.93. The number of hydrogen-bond donors (Lipinski definition) is 0. The van der Waals surface area contributed by atoms with Gasteiger partial charge in [0.2, 0.25) is 5.91 Å². The third-order valence-corrected chi connectivity index (χ3v) is 5.12. The highest BCUT2D eigenvalue weighted by Gasteiger charge is 2.37. The van der Waals surface area contributed by atoms with Gasteiger partial charge in [-0.15, -0.1) is 0 Å². The molecule has 3 heterocycles. The Labute approximate surface area is 146 Å². The van der Waals surface area contributed by atoms with Crippen molar-refractivity contribution in [3.63, 3.8) is 0 Å². The summed E-state index contributed by atoms with van der Waals surface area (Å²) in [5.41, 5.74) is 2.57. The first kappa shape index (κ1) is 16.2. The highest BCUT2D eigenvalue weighted by Crippen LogP contribution is 2.29. The van der Waals surface area contributed by atoms with Crippen LogP contribution in [0.15, 0.2) is 35.0 Å². The average molecular weight is 342 g/mol. The Morgan fingerprint density at radius 2 is 2.04 bits per heavy atom. The summed E-state index contributed by atoms with van der Waals surface area (Å²) < 4.78 is 10.5. The highest BCUT2D eigenvalue weighted by molar-refractivity contribution is 5.78. The van der Waals surface area contributed by atoms with E-state index in [4.69, 9.17) is 4.74 Å². The first-order valence-electron chi connectivity index (χ1n) is 8.66. The number of carbonyl (C=O) groups is 1. The summed E-state index contributed by atoms with van der Waals surface area (Å²) in [5.74, 6) is 0.0697. The minimum atomic E-state index is 0.0697. The van der Waals surface area contributed by atoms with Gasteiger partial charge in [0.05, 0.1) is 31.7 Å². The zero-order chi connectivity index (χ0) is 17.2. The molecular weight excluding hydrogens is 320 g/mol. The molecule has 0 spiro atoms. The summed E-state index contributed by atoms with van der Waals surface area (Å²) in [5, 5.41) is 7.55. The van der Waals surface area contributed by atoms with Gasteiger partial charge in [0, 0.05) is 19.6 Å². The molecule has 2 atom stereocenters. The van der Waals surface area contributed by atoms with E-state index in [0.717, 1.165) is 13.1 Å². The van der Waals surface area contributed by atoms with E-state index in [0.29, 0.717) is 31.1 Å². The molecule has 2 saturated heterocycles. The number of amides is 1. The number of nitrogens with zero attached hydrogens (tertiary/aromatic N) is 4. The van der Waals surface area contributed by atoms with Gasteiger partial charge < -0.3 is 9.64 Å². The third-order valence-electron chi connectivity index (χ3n) is 5.12. The molecular formula is C18H22N4O3. The zero-order valence-electron chi connectivity index (χ0n) is 14.3. The van der Waals surface area contributed by atoms with E-state index in [-0.39, 0.29) is 24.4 Å². The van der Waals surface area contributed by atoms with E-state index in [9.17, 15) is 4.79 Å². The van der Waals surface area contributed by atoms with Crippen molar-refractivity contribution in [2.75, 3.05) is 32.8 Å². The quantitative estimate of drug-likeness (QED) is 0.835. The molecule has 0 aliphatic carbocycles. The second-order valence-electron chi connectivity index (χ2n) is 6.67. The third kappa shape index (κ3) is 3.29. The number of morpholine rings is 1. The Hall–Kier alpha value is -2.25. The molecule has 132 valence electrons. The fourth-order valence-electron chi connectivity index (χ4n) is 3.69. The Bertz CT molecular complexity index is 733. The fourth-order valence-corrected chi connectivity index (χ4v) is 3.69. The minimum absolute atomic E-state index is 0.0697. The smallest absolute Gasteiger partial charge is 0.228 e. The number of carbonyl (C=O) groups excluding carboxylic acids is 1. The Kier molecular flexibility index (Phi) is 4.50. The van der Waals surface area contributed by atoms with Crippen LogP contribution in [0.25, 0.3) is 0 Å². The van der Waals surface area contributed by atoms with Crippen molar-refractivity contribution in [2.45, 2.75) is 25.4 Å². The number of aryl methyl sites for hydroxylation is 1. The van der Waals surface area contributed by atoms with Gasteiger partial charge in [0.1, 0.15) is 11.4 Å². The lowest BCUT2D eigenvalue weighted by Crippen LogP contribution is -2.60. The Morgan fingerprint density at radius 1 is 1.20 bits per heavy atom. The van der Waals surface area contributed by atoms with Crippen LogP contribution in [0.5, 0.6) is 0 Å². The van der Waals surface area contributed by atoms with Gasteiger partial charge in [-0.05, 0) is 12.5 Å². The van der Waals surface area contributed by atoms with Gasteiger partial charge in [0.15, 0.2) is 0 Å². The number of hydrogen-bond acceptors (Lipinski definition) is 6. The molecule has 0 radical (unpaired) electrons. The second-order valence-corrected chi connectivity index (χ2v) is 6.67. The van der Waals surface area contributed by atoms with Crippen LogP contribution < -0.4 is 0 Å². The molecule has 0 bridgehead atoms. The topological polar surface area (TPSA) is 71.7 Å². The predicted octanol–water partition coefficient (Wildman–Crippen LogP) is 1.20. The predicted molar refractivity (Wildman–Crippen MR) is 89.8 cm³/mol. The maximum absolute atomic E-state index is 12.6. The van der Waals surface area contributed by atoms with E-state index in [1.54, 1.807) is 6.92 Å². The Balaban J connectivity index is 1.43. The van der Waals surface area contributed by atoms with Crippen LogP contribution in [0, 0.1) is 6.92 Å². The lowest BCUT2D eigenvalue weighted by Gasteiger charge is -2.48. The van der Waals surface area contributed by atoms with Crippen LogP contribution in [0.2, 0.25) is 0 Å². The summed E-state index contributed by atoms with van der Waals surface area (Å²) in [6.45, 7) is 5.44.